The summed E-state index contributed by atoms with van der Waals surface area (Å²) in [5, 5.41) is 8.78. The van der Waals surface area contributed by atoms with E-state index in [4.69, 9.17) is 9.84 Å². The number of ether oxygens (including phenoxy) is 1. The third-order valence-electron chi connectivity index (χ3n) is 2.80. The molecule has 1 N–H and O–H groups in total. The van der Waals surface area contributed by atoms with Gasteiger partial charge in [-0.25, -0.2) is 0 Å². The Hall–Kier alpha value is -1.03. The number of rotatable bonds is 4. The highest BCUT2D eigenvalue weighted by molar-refractivity contribution is 9.10. The van der Waals surface area contributed by atoms with Gasteiger partial charge in [0.2, 0.25) is 0 Å². The number of hydrogen-bond donors (Lipinski definition) is 1. The van der Waals surface area contributed by atoms with Gasteiger partial charge in [0.15, 0.2) is 0 Å². The lowest BCUT2D eigenvalue weighted by molar-refractivity contribution is -0.136. The minimum Gasteiger partial charge on any atom is -0.495 e. The first-order chi connectivity index (χ1) is 8.25. The van der Waals surface area contributed by atoms with Crippen molar-refractivity contribution in [3.8, 4) is 5.75 Å². The Morgan fingerprint density at radius 2 is 2.00 bits per heavy atom. The average Bonchev–Trinajstić information content (AvgIpc) is 2.24. The van der Waals surface area contributed by atoms with Crippen molar-refractivity contribution in [1.82, 2.24) is 0 Å². The number of benzene rings is 1. The summed E-state index contributed by atoms with van der Waals surface area (Å²) < 4.78 is 6.21. The van der Waals surface area contributed by atoms with Crippen LogP contribution in [0.4, 0.5) is 0 Å². The van der Waals surface area contributed by atoms with Crippen LogP contribution in [-0.2, 0) is 16.6 Å². The molecule has 1 rings (SSSR count). The molecular weight excluding hydrogens is 296 g/mol. The van der Waals surface area contributed by atoms with Crippen LogP contribution in [-0.4, -0.2) is 18.2 Å². The highest BCUT2D eigenvalue weighted by atomic mass is 79.9. The van der Waals surface area contributed by atoms with E-state index in [1.165, 1.54) is 0 Å². The summed E-state index contributed by atoms with van der Waals surface area (Å²) in [7, 11) is 1.60. The molecule has 0 aromatic heterocycles. The first kappa shape index (κ1) is 15.0. The largest absolute Gasteiger partial charge is 0.495 e. The Bertz CT molecular complexity index is 447. The summed E-state index contributed by atoms with van der Waals surface area (Å²) >= 11 is 3.49. The minimum atomic E-state index is -0.797. The molecule has 4 heteroatoms. The summed E-state index contributed by atoms with van der Waals surface area (Å²) in [5.41, 5.74) is 2.11. The summed E-state index contributed by atoms with van der Waals surface area (Å²) in [6.45, 7) is 6.38. The maximum absolute atomic E-state index is 10.7. The second-order valence-electron chi connectivity index (χ2n) is 5.29. The Morgan fingerprint density at radius 3 is 2.44 bits per heavy atom. The van der Waals surface area contributed by atoms with E-state index in [9.17, 15) is 4.79 Å². The van der Waals surface area contributed by atoms with Crippen molar-refractivity contribution in [3.63, 3.8) is 0 Å². The molecule has 0 bridgehead atoms. The van der Waals surface area contributed by atoms with Crippen molar-refractivity contribution in [2.24, 2.45) is 0 Å². The first-order valence-corrected chi connectivity index (χ1v) is 6.63. The second kappa shape index (κ2) is 5.74. The van der Waals surface area contributed by atoms with Crippen molar-refractivity contribution in [2.75, 3.05) is 7.11 Å². The van der Waals surface area contributed by atoms with E-state index in [-0.39, 0.29) is 11.8 Å². The minimum absolute atomic E-state index is 0.0206. The lowest BCUT2D eigenvalue weighted by atomic mass is 9.85. The molecule has 0 radical (unpaired) electrons. The van der Waals surface area contributed by atoms with Gasteiger partial charge in [0.1, 0.15) is 5.75 Å². The standard InChI is InChI=1S/C14H19BrO3/c1-14(2,3)10-7-9(5-6-12(16)17)13(18-4)11(15)8-10/h7-8H,5-6H2,1-4H3,(H,16,17). The van der Waals surface area contributed by atoms with Crippen LogP contribution in [0.15, 0.2) is 16.6 Å². The quantitative estimate of drug-likeness (QED) is 0.920. The highest BCUT2D eigenvalue weighted by Gasteiger charge is 2.18. The van der Waals surface area contributed by atoms with Crippen LogP contribution in [0.2, 0.25) is 0 Å². The molecule has 3 nitrogen and oxygen atoms in total. The number of halogens is 1. The topological polar surface area (TPSA) is 46.5 Å². The van der Waals surface area contributed by atoms with Crippen molar-refractivity contribution >= 4 is 21.9 Å². The smallest absolute Gasteiger partial charge is 0.303 e. The Balaban J connectivity index is 3.19. The third kappa shape index (κ3) is 3.73. The van der Waals surface area contributed by atoms with Gasteiger partial charge in [0.05, 0.1) is 11.6 Å². The van der Waals surface area contributed by atoms with Gasteiger partial charge >= 0.3 is 5.97 Å². The van der Waals surface area contributed by atoms with E-state index in [0.717, 1.165) is 21.3 Å². The van der Waals surface area contributed by atoms with Crippen molar-refractivity contribution in [3.05, 3.63) is 27.7 Å². The van der Waals surface area contributed by atoms with Gasteiger partial charge in [-0.05, 0) is 45.0 Å². The van der Waals surface area contributed by atoms with E-state index in [1.807, 2.05) is 12.1 Å². The molecule has 0 amide bonds. The number of hydrogen-bond acceptors (Lipinski definition) is 2. The van der Waals surface area contributed by atoms with E-state index in [2.05, 4.69) is 36.7 Å². The van der Waals surface area contributed by atoms with Gasteiger partial charge in [0, 0.05) is 6.42 Å². The SMILES string of the molecule is COc1c(Br)cc(C(C)(C)C)cc1CCC(=O)O. The third-order valence-corrected chi connectivity index (χ3v) is 3.39. The van der Waals surface area contributed by atoms with Crippen LogP contribution >= 0.6 is 15.9 Å². The Morgan fingerprint density at radius 1 is 1.39 bits per heavy atom. The van der Waals surface area contributed by atoms with Crippen LogP contribution in [0.3, 0.4) is 0 Å². The zero-order chi connectivity index (χ0) is 13.9. The molecule has 0 saturated heterocycles. The molecule has 1 aromatic rings. The van der Waals surface area contributed by atoms with Crippen LogP contribution in [0.1, 0.15) is 38.3 Å². The fraction of sp³-hybridized carbons (Fsp3) is 0.500. The highest BCUT2D eigenvalue weighted by Crippen LogP contribution is 2.35. The Labute approximate surface area is 116 Å². The molecule has 1 aromatic carbocycles. The maximum atomic E-state index is 10.7. The molecule has 0 aliphatic heterocycles. The monoisotopic (exact) mass is 314 g/mol. The molecule has 0 unspecified atom stereocenters. The number of carbonyl (C=O) groups is 1. The Kier molecular flexibility index (Phi) is 4.79. The molecule has 0 heterocycles. The zero-order valence-corrected chi connectivity index (χ0v) is 12.8. The van der Waals surface area contributed by atoms with Gasteiger partial charge < -0.3 is 9.84 Å². The summed E-state index contributed by atoms with van der Waals surface area (Å²) in [6, 6.07) is 4.07. The number of aryl methyl sites for hydroxylation is 1. The lowest BCUT2D eigenvalue weighted by Crippen LogP contribution is -2.12. The predicted molar refractivity (Wildman–Crippen MR) is 75.4 cm³/mol. The number of aliphatic carboxylic acids is 1. The van der Waals surface area contributed by atoms with Crippen molar-refractivity contribution in [2.45, 2.75) is 39.0 Å². The molecule has 0 atom stereocenters. The normalized spacial score (nSPS) is 11.4. The molecule has 100 valence electrons. The maximum Gasteiger partial charge on any atom is 0.303 e. The number of carboxylic acids is 1. The number of carboxylic acid groups (broad SMARTS) is 1. The molecule has 0 fully saturated rings. The fourth-order valence-corrected chi connectivity index (χ4v) is 2.40. The zero-order valence-electron chi connectivity index (χ0n) is 11.2. The fourth-order valence-electron chi connectivity index (χ4n) is 1.74. The van der Waals surface area contributed by atoms with Crippen LogP contribution in [0, 0.1) is 0 Å². The van der Waals surface area contributed by atoms with E-state index >= 15 is 0 Å². The molecule has 0 aliphatic rings. The molecule has 18 heavy (non-hydrogen) atoms. The summed E-state index contributed by atoms with van der Waals surface area (Å²) in [5.74, 6) is -0.0708. The van der Waals surface area contributed by atoms with Gasteiger partial charge in [-0.15, -0.1) is 0 Å². The summed E-state index contributed by atoms with van der Waals surface area (Å²) in [6.07, 6.45) is 0.581. The molecule has 0 aliphatic carbocycles. The van der Waals surface area contributed by atoms with E-state index in [1.54, 1.807) is 7.11 Å². The van der Waals surface area contributed by atoms with Crippen molar-refractivity contribution in [1.29, 1.82) is 0 Å². The van der Waals surface area contributed by atoms with Crippen LogP contribution in [0.5, 0.6) is 5.75 Å². The molecule has 0 spiro atoms. The number of methoxy groups -OCH3 is 1. The average molecular weight is 315 g/mol. The van der Waals surface area contributed by atoms with E-state index < -0.39 is 5.97 Å². The van der Waals surface area contributed by atoms with Crippen molar-refractivity contribution < 1.29 is 14.6 Å². The molecule has 0 saturated carbocycles. The predicted octanol–water partition coefficient (Wildman–Crippen LogP) is 3.77. The van der Waals surface area contributed by atoms with Gasteiger partial charge in [0.25, 0.3) is 0 Å². The van der Waals surface area contributed by atoms with Gasteiger partial charge in [-0.1, -0.05) is 26.8 Å². The van der Waals surface area contributed by atoms with E-state index in [0.29, 0.717) is 6.42 Å². The summed E-state index contributed by atoms with van der Waals surface area (Å²) in [4.78, 5) is 10.7. The van der Waals surface area contributed by atoms with Crippen LogP contribution in [0.25, 0.3) is 0 Å². The van der Waals surface area contributed by atoms with Gasteiger partial charge in [-0.2, -0.15) is 0 Å². The lowest BCUT2D eigenvalue weighted by Gasteiger charge is -2.22. The van der Waals surface area contributed by atoms with Gasteiger partial charge in [-0.3, -0.25) is 4.79 Å². The molecular formula is C14H19BrO3. The van der Waals surface area contributed by atoms with Crippen LogP contribution < -0.4 is 4.74 Å². The first-order valence-electron chi connectivity index (χ1n) is 5.84. The second-order valence-corrected chi connectivity index (χ2v) is 6.15.